The molecule has 3 aromatic heterocycles. The average Bonchev–Trinajstić information content (AvgIpc) is 3.91. The molecular weight excluding hydrogens is 1030 g/mol. The number of hydrogen-bond acceptors (Lipinski definition) is 4. The summed E-state index contributed by atoms with van der Waals surface area (Å²) in [6, 6.07) is 63.6. The van der Waals surface area contributed by atoms with Crippen LogP contribution < -0.4 is 0 Å². The maximum absolute atomic E-state index is 12.6. The van der Waals surface area contributed by atoms with Crippen LogP contribution in [0.25, 0.3) is 94.3 Å². The van der Waals surface area contributed by atoms with Crippen LogP contribution in [0.15, 0.2) is 180 Å². The second kappa shape index (κ2) is 17.2. The number of aromatic nitrogens is 3. The van der Waals surface area contributed by atoms with E-state index in [-0.39, 0.29) is 37.6 Å². The fourth-order valence-corrected chi connectivity index (χ4v) is 9.92. The average molecular weight is 1080 g/mol. The summed E-state index contributed by atoms with van der Waals surface area (Å²) in [6.45, 7) is 17.7. The first-order valence-electron chi connectivity index (χ1n) is 23.5. The Bertz CT molecular complexity index is 3740. The fraction of sp³-hybridized carbons (Fsp3) is 0.175. The van der Waals surface area contributed by atoms with Crippen molar-refractivity contribution in [3.63, 3.8) is 0 Å². The van der Waals surface area contributed by atoms with Crippen molar-refractivity contribution in [3.05, 3.63) is 204 Å². The molecule has 0 atom stereocenters. The van der Waals surface area contributed by atoms with Crippen LogP contribution in [0.5, 0.6) is 5.75 Å². The Morgan fingerprint density at radius 2 is 1.20 bits per heavy atom. The van der Waals surface area contributed by atoms with Crippen molar-refractivity contribution in [2.75, 3.05) is 0 Å². The van der Waals surface area contributed by atoms with Crippen LogP contribution in [-0.4, -0.2) is 19.6 Å². The van der Waals surface area contributed by atoms with E-state index < -0.39 is 5.41 Å². The van der Waals surface area contributed by atoms with Gasteiger partial charge in [-0.25, -0.2) is 4.98 Å². The first-order chi connectivity index (χ1) is 32.6. The van der Waals surface area contributed by atoms with E-state index in [2.05, 4.69) is 224 Å². The Morgan fingerprint density at radius 1 is 0.551 bits per heavy atom. The largest absolute Gasteiger partial charge is 0.507 e. The molecule has 0 radical (unpaired) electrons. The number of aromatic hydroxyl groups is 1. The van der Waals surface area contributed by atoms with E-state index in [0.29, 0.717) is 11.4 Å². The third kappa shape index (κ3) is 7.97. The third-order valence-electron chi connectivity index (χ3n) is 13.8. The zero-order chi connectivity index (χ0) is 47.1. The SMILES string of the molecule is CC(C)(C)c1cc(-c2nc3c(-c4[c-]c(-c5nccc6oc7cc8ccccc8cc7c56)cc(C(C)(C)c5ccccc5)c4)cccc3n2-c2ccccc2-c2ccccc2)c(O)c(C(C)(C)C)c1.[Pt]. The normalized spacial score (nSPS) is 12.3. The summed E-state index contributed by atoms with van der Waals surface area (Å²) in [4.78, 5) is 10.8. The number of pyridine rings is 1. The van der Waals surface area contributed by atoms with Gasteiger partial charge in [-0.3, -0.25) is 9.55 Å². The summed E-state index contributed by atoms with van der Waals surface area (Å²) in [6.07, 6.45) is 1.84. The summed E-state index contributed by atoms with van der Waals surface area (Å²) in [5, 5.41) is 16.8. The van der Waals surface area contributed by atoms with Gasteiger partial charge in [-0.05, 0) is 74.7 Å². The monoisotopic (exact) mass is 1080 g/mol. The first-order valence-corrected chi connectivity index (χ1v) is 23.5. The first kappa shape index (κ1) is 45.7. The van der Waals surface area contributed by atoms with Gasteiger partial charge >= 0.3 is 0 Å². The molecule has 344 valence electrons. The van der Waals surface area contributed by atoms with Crippen LogP contribution in [0.3, 0.4) is 0 Å². The van der Waals surface area contributed by atoms with Crippen molar-refractivity contribution in [3.8, 4) is 56.3 Å². The summed E-state index contributed by atoms with van der Waals surface area (Å²) in [5.74, 6) is 0.898. The topological polar surface area (TPSA) is 64.1 Å². The molecule has 0 aliphatic rings. The van der Waals surface area contributed by atoms with Gasteiger partial charge in [0.15, 0.2) is 0 Å². The fourth-order valence-electron chi connectivity index (χ4n) is 9.92. The minimum atomic E-state index is -0.405. The number of nitrogens with zero attached hydrogens (tertiary/aromatic N) is 3. The molecule has 11 rings (SSSR count). The van der Waals surface area contributed by atoms with Gasteiger partial charge in [0, 0.05) is 60.3 Å². The molecule has 11 aromatic rings. The molecule has 0 unspecified atom stereocenters. The molecule has 0 fully saturated rings. The second-order valence-electron chi connectivity index (χ2n) is 20.8. The molecule has 0 saturated carbocycles. The predicted octanol–water partition coefficient (Wildman–Crippen LogP) is 16.6. The predicted molar refractivity (Wildman–Crippen MR) is 282 cm³/mol. The summed E-state index contributed by atoms with van der Waals surface area (Å²) < 4.78 is 8.83. The Balaban J connectivity index is 0.00000553. The van der Waals surface area contributed by atoms with E-state index in [1.165, 1.54) is 5.56 Å². The van der Waals surface area contributed by atoms with Crippen molar-refractivity contribution < 1.29 is 30.6 Å². The number of benzene rings is 8. The van der Waals surface area contributed by atoms with Gasteiger partial charge in [0.2, 0.25) is 0 Å². The van der Waals surface area contributed by atoms with Gasteiger partial charge in [0.25, 0.3) is 0 Å². The van der Waals surface area contributed by atoms with E-state index in [1.807, 2.05) is 18.3 Å². The van der Waals surface area contributed by atoms with Gasteiger partial charge in [0.1, 0.15) is 22.7 Å². The van der Waals surface area contributed by atoms with Gasteiger partial charge in [-0.2, -0.15) is 0 Å². The number of rotatable bonds is 7. The minimum absolute atomic E-state index is 0. The molecule has 1 N–H and O–H groups in total. The summed E-state index contributed by atoms with van der Waals surface area (Å²) >= 11 is 0. The molecule has 0 aliphatic carbocycles. The van der Waals surface area contributed by atoms with Gasteiger partial charge in [-0.1, -0.05) is 188 Å². The number of phenols is 1. The number of furan rings is 1. The van der Waals surface area contributed by atoms with E-state index in [1.54, 1.807) is 0 Å². The molecule has 0 saturated heterocycles. The molecule has 0 bridgehead atoms. The molecule has 69 heavy (non-hydrogen) atoms. The van der Waals surface area contributed by atoms with Crippen molar-refractivity contribution in [1.82, 2.24) is 14.5 Å². The van der Waals surface area contributed by atoms with Crippen LogP contribution >= 0.6 is 0 Å². The Hall–Kier alpha value is -7.07. The third-order valence-corrected chi connectivity index (χ3v) is 13.8. The number of imidazole rings is 1. The van der Waals surface area contributed by atoms with Crippen molar-refractivity contribution >= 4 is 43.7 Å². The maximum atomic E-state index is 12.6. The van der Waals surface area contributed by atoms with Crippen LogP contribution in [0.2, 0.25) is 0 Å². The molecule has 6 heteroatoms. The smallest absolute Gasteiger partial charge is 0.148 e. The molecule has 3 heterocycles. The van der Waals surface area contributed by atoms with Gasteiger partial charge < -0.3 is 9.52 Å². The summed E-state index contributed by atoms with van der Waals surface area (Å²) in [7, 11) is 0. The van der Waals surface area contributed by atoms with Crippen molar-refractivity contribution in [2.24, 2.45) is 0 Å². The molecule has 5 nitrogen and oxygen atoms in total. The van der Waals surface area contributed by atoms with Crippen LogP contribution in [0.4, 0.5) is 0 Å². The number of fused-ring (bicyclic) bond motifs is 5. The Labute approximate surface area is 418 Å². The van der Waals surface area contributed by atoms with Crippen LogP contribution in [0.1, 0.15) is 77.6 Å². The zero-order valence-electron chi connectivity index (χ0n) is 40.3. The van der Waals surface area contributed by atoms with E-state index in [4.69, 9.17) is 14.4 Å². The molecule has 0 spiro atoms. The van der Waals surface area contributed by atoms with Gasteiger partial charge in [-0.15, -0.1) is 29.3 Å². The van der Waals surface area contributed by atoms with E-state index >= 15 is 0 Å². The Kier molecular flexibility index (Phi) is 11.4. The number of hydrogen-bond donors (Lipinski definition) is 1. The van der Waals surface area contributed by atoms with Gasteiger partial charge in [0.05, 0.1) is 22.3 Å². The van der Waals surface area contributed by atoms with E-state index in [0.717, 1.165) is 99.6 Å². The van der Waals surface area contributed by atoms with Crippen molar-refractivity contribution in [2.45, 2.75) is 71.6 Å². The number of phenolic OH excluding ortho intramolecular Hbond substituents is 1. The summed E-state index contributed by atoms with van der Waals surface area (Å²) in [5.41, 5.74) is 13.9. The van der Waals surface area contributed by atoms with Crippen molar-refractivity contribution in [1.29, 1.82) is 0 Å². The molecular formula is C63H54N3O2Pt-. The number of para-hydroxylation sites is 2. The van der Waals surface area contributed by atoms with E-state index in [9.17, 15) is 5.11 Å². The van der Waals surface area contributed by atoms with Crippen LogP contribution in [-0.2, 0) is 37.3 Å². The Morgan fingerprint density at radius 3 is 1.93 bits per heavy atom. The quantitative estimate of drug-likeness (QED) is 0.162. The molecule has 0 amide bonds. The molecule has 8 aromatic carbocycles. The second-order valence-corrected chi connectivity index (χ2v) is 20.8. The zero-order valence-corrected chi connectivity index (χ0v) is 42.5. The maximum Gasteiger partial charge on any atom is 0.148 e. The minimum Gasteiger partial charge on any atom is -0.507 e. The molecule has 0 aliphatic heterocycles. The van der Waals surface area contributed by atoms with Crippen LogP contribution in [0, 0.1) is 6.07 Å². The standard InChI is InChI=1S/C63H54N3O2.Pt/c1-61(2,3)45-37-50(59(67)51(38-45)62(4,5)6)60-65-58-48(27-19-29-53(58)66(60)52-28-18-17-26-47(52)39-20-11-9-12-21-39)42-32-43(34-46(33-42)63(7,8)44-24-13-10-14-25-44)57-56-49-35-40-22-15-16-23-41(40)36-55(49)68-54(56)30-31-64-57;/h9-31,33-38,67H,1-8H3;/q-1;.